The van der Waals surface area contributed by atoms with Crippen molar-refractivity contribution in [1.29, 1.82) is 0 Å². The van der Waals surface area contributed by atoms with E-state index in [2.05, 4.69) is 11.8 Å². The molecule has 0 amide bonds. The molecule has 78 valence electrons. The summed E-state index contributed by atoms with van der Waals surface area (Å²) in [5.41, 5.74) is 0. The highest BCUT2D eigenvalue weighted by atomic mass is 16.1. The van der Waals surface area contributed by atoms with E-state index in [1.165, 1.54) is 19.3 Å². The fourth-order valence-electron chi connectivity index (χ4n) is 1.35. The van der Waals surface area contributed by atoms with E-state index in [1.54, 1.807) is 0 Å². The molecule has 0 heterocycles. The number of nitrogens with zero attached hydrogens (tertiary/aromatic N) is 1. The van der Waals surface area contributed by atoms with E-state index in [9.17, 15) is 4.79 Å². The third-order valence-corrected chi connectivity index (χ3v) is 2.59. The quantitative estimate of drug-likeness (QED) is 0.568. The Labute approximate surface area is 82.3 Å². The number of hydrogen-bond donors (Lipinski definition) is 0. The standard InChI is InChI=1S/C11H23NO/c1-5-7-8-9-12(4)10(3)11(13)6-2/h10H,5-9H2,1-4H3. The average molecular weight is 185 g/mol. The molecule has 2 nitrogen and oxygen atoms in total. The lowest BCUT2D eigenvalue weighted by molar-refractivity contribution is -0.123. The molecule has 13 heavy (non-hydrogen) atoms. The van der Waals surface area contributed by atoms with Gasteiger partial charge in [-0.3, -0.25) is 9.69 Å². The number of unbranched alkanes of at least 4 members (excludes halogenated alkanes) is 2. The van der Waals surface area contributed by atoms with Crippen LogP contribution in [0.5, 0.6) is 0 Å². The average Bonchev–Trinajstić information content (AvgIpc) is 2.15. The topological polar surface area (TPSA) is 20.3 Å². The van der Waals surface area contributed by atoms with Gasteiger partial charge in [0.25, 0.3) is 0 Å². The Morgan fingerprint density at radius 2 is 1.92 bits per heavy atom. The molecule has 0 saturated heterocycles. The third kappa shape index (κ3) is 5.04. The monoisotopic (exact) mass is 185 g/mol. The number of carbonyl (C=O) groups excluding carboxylic acids is 1. The molecule has 0 N–H and O–H groups in total. The summed E-state index contributed by atoms with van der Waals surface area (Å²) >= 11 is 0. The van der Waals surface area contributed by atoms with Crippen LogP contribution in [0.2, 0.25) is 0 Å². The number of likely N-dealkylation sites (N-methyl/N-ethyl adjacent to an activating group) is 1. The van der Waals surface area contributed by atoms with E-state index >= 15 is 0 Å². The summed E-state index contributed by atoms with van der Waals surface area (Å²) in [6.45, 7) is 7.16. The zero-order valence-electron chi connectivity index (χ0n) is 9.47. The molecule has 0 spiro atoms. The zero-order valence-corrected chi connectivity index (χ0v) is 9.47. The molecule has 1 unspecified atom stereocenters. The van der Waals surface area contributed by atoms with Crippen LogP contribution in [0.15, 0.2) is 0 Å². The van der Waals surface area contributed by atoms with Crippen LogP contribution in [0, 0.1) is 0 Å². The molecule has 0 aromatic rings. The Kier molecular flexibility index (Phi) is 6.87. The second kappa shape index (κ2) is 7.07. The first-order valence-corrected chi connectivity index (χ1v) is 5.36. The van der Waals surface area contributed by atoms with Crippen molar-refractivity contribution in [2.24, 2.45) is 0 Å². The molecule has 0 bridgehead atoms. The summed E-state index contributed by atoms with van der Waals surface area (Å²) < 4.78 is 0. The van der Waals surface area contributed by atoms with Crippen molar-refractivity contribution < 1.29 is 4.79 Å². The van der Waals surface area contributed by atoms with E-state index < -0.39 is 0 Å². The minimum atomic E-state index is 0.0989. The normalized spacial score (nSPS) is 13.3. The molecule has 0 aromatic heterocycles. The van der Waals surface area contributed by atoms with Crippen molar-refractivity contribution in [2.75, 3.05) is 13.6 Å². The lowest BCUT2D eigenvalue weighted by Crippen LogP contribution is -2.36. The number of hydrogen-bond acceptors (Lipinski definition) is 2. The van der Waals surface area contributed by atoms with Gasteiger partial charge in [-0.15, -0.1) is 0 Å². The van der Waals surface area contributed by atoms with Gasteiger partial charge in [0.15, 0.2) is 0 Å². The molecule has 0 aromatic carbocycles. The largest absolute Gasteiger partial charge is 0.298 e. The molecule has 0 rings (SSSR count). The first-order chi connectivity index (χ1) is 6.13. The van der Waals surface area contributed by atoms with Crippen LogP contribution < -0.4 is 0 Å². The minimum absolute atomic E-state index is 0.0989. The van der Waals surface area contributed by atoms with Gasteiger partial charge in [-0.05, 0) is 26.9 Å². The van der Waals surface area contributed by atoms with E-state index in [4.69, 9.17) is 0 Å². The van der Waals surface area contributed by atoms with Crippen molar-refractivity contribution in [3.63, 3.8) is 0 Å². The maximum Gasteiger partial charge on any atom is 0.149 e. The molecule has 1 atom stereocenters. The maximum absolute atomic E-state index is 11.3. The van der Waals surface area contributed by atoms with E-state index in [1.807, 2.05) is 20.9 Å². The van der Waals surface area contributed by atoms with E-state index in [0.29, 0.717) is 12.2 Å². The molecular formula is C11H23NO. The second-order valence-electron chi connectivity index (χ2n) is 3.68. The van der Waals surface area contributed by atoms with Gasteiger partial charge < -0.3 is 0 Å². The Morgan fingerprint density at radius 1 is 1.31 bits per heavy atom. The molecule has 0 aliphatic heterocycles. The predicted molar refractivity (Wildman–Crippen MR) is 56.9 cm³/mol. The summed E-state index contributed by atoms with van der Waals surface area (Å²) in [5, 5.41) is 0. The highest BCUT2D eigenvalue weighted by Gasteiger charge is 2.14. The lowest BCUT2D eigenvalue weighted by Gasteiger charge is -2.22. The second-order valence-corrected chi connectivity index (χ2v) is 3.68. The van der Waals surface area contributed by atoms with E-state index in [-0.39, 0.29) is 6.04 Å². The Bertz CT molecular complexity index is 145. The van der Waals surface area contributed by atoms with Crippen molar-refractivity contribution in [2.45, 2.75) is 52.5 Å². The molecule has 0 radical (unpaired) electrons. The first-order valence-electron chi connectivity index (χ1n) is 5.36. The third-order valence-electron chi connectivity index (χ3n) is 2.59. The highest BCUT2D eigenvalue weighted by molar-refractivity contribution is 5.83. The fraction of sp³-hybridized carbons (Fsp3) is 0.909. The van der Waals surface area contributed by atoms with Gasteiger partial charge in [-0.1, -0.05) is 26.7 Å². The molecule has 0 fully saturated rings. The fourth-order valence-corrected chi connectivity index (χ4v) is 1.35. The molecular weight excluding hydrogens is 162 g/mol. The van der Waals surface area contributed by atoms with Crippen LogP contribution in [0.3, 0.4) is 0 Å². The van der Waals surface area contributed by atoms with Gasteiger partial charge in [0.05, 0.1) is 6.04 Å². The van der Waals surface area contributed by atoms with Crippen LogP contribution in [0.25, 0.3) is 0 Å². The van der Waals surface area contributed by atoms with Crippen molar-refractivity contribution >= 4 is 5.78 Å². The number of ketones is 1. The van der Waals surface area contributed by atoms with Crippen LogP contribution in [0.1, 0.15) is 46.5 Å². The van der Waals surface area contributed by atoms with Crippen molar-refractivity contribution in [3.05, 3.63) is 0 Å². The summed E-state index contributed by atoms with van der Waals surface area (Å²) in [4.78, 5) is 13.5. The van der Waals surface area contributed by atoms with Gasteiger partial charge in [0.1, 0.15) is 5.78 Å². The minimum Gasteiger partial charge on any atom is -0.298 e. The summed E-state index contributed by atoms with van der Waals surface area (Å²) in [7, 11) is 2.04. The highest BCUT2D eigenvalue weighted by Crippen LogP contribution is 2.03. The number of rotatable bonds is 7. The smallest absolute Gasteiger partial charge is 0.149 e. The van der Waals surface area contributed by atoms with Crippen LogP contribution >= 0.6 is 0 Å². The summed E-state index contributed by atoms with van der Waals surface area (Å²) in [5.74, 6) is 0.346. The number of carbonyl (C=O) groups is 1. The molecule has 2 heteroatoms. The maximum atomic E-state index is 11.3. The van der Waals surface area contributed by atoms with Crippen molar-refractivity contribution in [3.8, 4) is 0 Å². The van der Waals surface area contributed by atoms with Gasteiger partial charge in [-0.2, -0.15) is 0 Å². The van der Waals surface area contributed by atoms with Crippen LogP contribution in [-0.4, -0.2) is 30.3 Å². The molecule has 0 aliphatic rings. The molecule has 0 saturated carbocycles. The van der Waals surface area contributed by atoms with Crippen LogP contribution in [-0.2, 0) is 4.79 Å². The SMILES string of the molecule is CCCCCN(C)C(C)C(=O)CC. The summed E-state index contributed by atoms with van der Waals surface area (Å²) in [6.07, 6.45) is 4.36. The van der Waals surface area contributed by atoms with Gasteiger partial charge in [-0.25, -0.2) is 0 Å². The van der Waals surface area contributed by atoms with Gasteiger partial charge >= 0.3 is 0 Å². The molecule has 0 aliphatic carbocycles. The van der Waals surface area contributed by atoms with Crippen LogP contribution in [0.4, 0.5) is 0 Å². The van der Waals surface area contributed by atoms with Gasteiger partial charge in [0, 0.05) is 6.42 Å². The Morgan fingerprint density at radius 3 is 2.38 bits per heavy atom. The predicted octanol–water partition coefficient (Wildman–Crippen LogP) is 2.48. The summed E-state index contributed by atoms with van der Waals surface area (Å²) in [6, 6.07) is 0.0989. The zero-order chi connectivity index (χ0) is 10.3. The number of Topliss-reactive ketones (excluding diaryl/α,β-unsaturated/α-hetero) is 1. The lowest BCUT2D eigenvalue weighted by atomic mass is 10.1. The first kappa shape index (κ1) is 12.6. The van der Waals surface area contributed by atoms with E-state index in [0.717, 1.165) is 6.54 Å². The van der Waals surface area contributed by atoms with Crippen molar-refractivity contribution in [1.82, 2.24) is 4.90 Å². The Hall–Kier alpha value is -0.370. The van der Waals surface area contributed by atoms with Gasteiger partial charge in [0.2, 0.25) is 0 Å². The Balaban J connectivity index is 3.68.